The molecule has 0 aliphatic heterocycles. The third-order valence-corrected chi connectivity index (χ3v) is 8.25. The Balaban J connectivity index is 1.24. The molecule has 0 saturated heterocycles. The van der Waals surface area contributed by atoms with Crippen LogP contribution in [0.25, 0.3) is 0 Å². The number of amides is 1. The first-order valence-electron chi connectivity index (χ1n) is 13.5. The van der Waals surface area contributed by atoms with Gasteiger partial charge in [0.25, 0.3) is 0 Å². The monoisotopic (exact) mass is 518 g/mol. The normalized spacial score (nSPS) is 27.3. The lowest BCUT2D eigenvalue weighted by Gasteiger charge is -2.60. The quantitative estimate of drug-likeness (QED) is 0.441. The maximum Gasteiger partial charge on any atom is 0.407 e. The van der Waals surface area contributed by atoms with Gasteiger partial charge in [0.05, 0.1) is 13.3 Å². The molecule has 5 atom stereocenters. The number of nitrogens with one attached hydrogen (secondary N) is 3. The van der Waals surface area contributed by atoms with Gasteiger partial charge in [0, 0.05) is 24.7 Å². The van der Waals surface area contributed by atoms with Crippen LogP contribution in [0.4, 0.5) is 16.6 Å². The second kappa shape index (κ2) is 10.3. The number of para-hydroxylation sites is 1. The minimum atomic E-state index is -0.502. The molecule has 2 aromatic rings. The molecule has 6 rings (SSSR count). The minimum Gasteiger partial charge on any atom is -0.496 e. The molecular weight excluding hydrogens is 480 g/mol. The first-order chi connectivity index (χ1) is 18.2. The number of benzene rings is 1. The molecule has 3 N–H and O–H groups in total. The Hall–Kier alpha value is -3.54. The second-order valence-corrected chi connectivity index (χ2v) is 12.2. The van der Waals surface area contributed by atoms with Crippen LogP contribution in [0, 0.1) is 34.5 Å². The summed E-state index contributed by atoms with van der Waals surface area (Å²) in [6.07, 6.45) is 6.87. The number of rotatable bonds is 8. The van der Waals surface area contributed by atoms with E-state index in [9.17, 15) is 10.1 Å². The molecule has 4 saturated carbocycles. The fourth-order valence-electron chi connectivity index (χ4n) is 7.07. The van der Waals surface area contributed by atoms with Gasteiger partial charge in [0.2, 0.25) is 5.95 Å². The molecule has 1 amide bonds. The Labute approximate surface area is 224 Å². The highest BCUT2D eigenvalue weighted by atomic mass is 16.6. The van der Waals surface area contributed by atoms with Gasteiger partial charge in [-0.15, -0.1) is 0 Å². The van der Waals surface area contributed by atoms with E-state index in [4.69, 9.17) is 9.47 Å². The summed E-state index contributed by atoms with van der Waals surface area (Å²) in [4.78, 5) is 21.5. The van der Waals surface area contributed by atoms with Gasteiger partial charge in [0.15, 0.2) is 0 Å². The van der Waals surface area contributed by atoms with Crippen molar-refractivity contribution < 1.29 is 14.3 Å². The van der Waals surface area contributed by atoms with Gasteiger partial charge in [0.1, 0.15) is 28.8 Å². The van der Waals surface area contributed by atoms with Crippen LogP contribution in [0.3, 0.4) is 0 Å². The third-order valence-electron chi connectivity index (χ3n) is 8.25. The molecule has 0 spiro atoms. The largest absolute Gasteiger partial charge is 0.496 e. The van der Waals surface area contributed by atoms with Crippen LogP contribution >= 0.6 is 0 Å². The fraction of sp³-hybridized carbons (Fsp3) is 0.586. The number of aromatic nitrogens is 2. The lowest BCUT2D eigenvalue weighted by molar-refractivity contribution is -0.0703. The zero-order valence-corrected chi connectivity index (χ0v) is 22.7. The van der Waals surface area contributed by atoms with E-state index >= 15 is 0 Å². The molecule has 4 aliphatic rings. The van der Waals surface area contributed by atoms with Gasteiger partial charge >= 0.3 is 6.09 Å². The first kappa shape index (κ1) is 26.1. The maximum absolute atomic E-state index is 12.5. The van der Waals surface area contributed by atoms with Crippen LogP contribution in [0.5, 0.6) is 5.75 Å². The predicted octanol–water partition coefficient (Wildman–Crippen LogP) is 5.10. The molecule has 4 bridgehead atoms. The summed E-state index contributed by atoms with van der Waals surface area (Å²) in [5, 5.41) is 19.7. The van der Waals surface area contributed by atoms with Crippen LogP contribution in [-0.4, -0.2) is 41.4 Å². The van der Waals surface area contributed by atoms with Crippen LogP contribution in [0.1, 0.15) is 64.0 Å². The molecule has 1 aromatic carbocycles. The average Bonchev–Trinajstić information content (AvgIpc) is 2.87. The van der Waals surface area contributed by atoms with Gasteiger partial charge in [-0.25, -0.2) is 9.78 Å². The number of hydrogen-bond donors (Lipinski definition) is 3. The maximum atomic E-state index is 12.5. The first-order valence-corrected chi connectivity index (χ1v) is 13.5. The van der Waals surface area contributed by atoms with Crippen LogP contribution < -0.4 is 20.7 Å². The summed E-state index contributed by atoms with van der Waals surface area (Å²) in [7, 11) is 1.65. The van der Waals surface area contributed by atoms with Crippen molar-refractivity contribution in [2.24, 2.45) is 23.2 Å². The summed E-state index contributed by atoms with van der Waals surface area (Å²) >= 11 is 0. The fourth-order valence-corrected chi connectivity index (χ4v) is 7.07. The van der Waals surface area contributed by atoms with E-state index in [1.165, 1.54) is 6.42 Å². The van der Waals surface area contributed by atoms with Crippen molar-refractivity contribution in [3.63, 3.8) is 0 Å². The van der Waals surface area contributed by atoms with Crippen molar-refractivity contribution >= 4 is 17.9 Å². The minimum absolute atomic E-state index is 0.144. The van der Waals surface area contributed by atoms with Gasteiger partial charge in [-0.1, -0.05) is 18.2 Å². The van der Waals surface area contributed by atoms with E-state index in [0.717, 1.165) is 43.5 Å². The number of anilines is 2. The van der Waals surface area contributed by atoms with Crippen LogP contribution in [-0.2, 0) is 11.3 Å². The number of ether oxygens (including phenoxy) is 2. The van der Waals surface area contributed by atoms with Crippen molar-refractivity contribution in [2.45, 2.75) is 71.1 Å². The molecule has 0 radical (unpaired) electrons. The molecule has 4 aliphatic carbocycles. The summed E-state index contributed by atoms with van der Waals surface area (Å²) in [6, 6.07) is 10.2. The number of alkyl carbamates (subject to hydrolysis) is 1. The number of carbonyl (C=O) groups is 1. The Kier molecular flexibility index (Phi) is 7.08. The van der Waals surface area contributed by atoms with Gasteiger partial charge in [-0.3, -0.25) is 0 Å². The Bertz CT molecular complexity index is 1200. The van der Waals surface area contributed by atoms with Gasteiger partial charge < -0.3 is 25.4 Å². The molecular formula is C29H38N6O3. The summed E-state index contributed by atoms with van der Waals surface area (Å²) < 4.78 is 11.0. The second-order valence-electron chi connectivity index (χ2n) is 12.2. The Morgan fingerprint density at radius 3 is 2.58 bits per heavy atom. The average molecular weight is 519 g/mol. The molecule has 1 aromatic heterocycles. The number of nitrogens with zero attached hydrogens (tertiary/aromatic N) is 3. The number of carbonyl (C=O) groups excluding carboxylic acids is 1. The number of hydrogen-bond acceptors (Lipinski definition) is 8. The van der Waals surface area contributed by atoms with Gasteiger partial charge in [-0.2, -0.15) is 10.2 Å². The van der Waals surface area contributed by atoms with E-state index in [2.05, 4.69) is 32.0 Å². The van der Waals surface area contributed by atoms with E-state index in [0.29, 0.717) is 41.6 Å². The molecule has 9 nitrogen and oxygen atoms in total. The number of methoxy groups -OCH3 is 1. The molecule has 9 heteroatoms. The summed E-state index contributed by atoms with van der Waals surface area (Å²) in [6.45, 7) is 6.95. The lowest BCUT2D eigenvalue weighted by atomic mass is 9.48. The number of nitriles is 1. The SMILES string of the molecule is COc1ccccc1CNc1ncc(C#N)c(NC[C@]23CC4C[C@H](C2)[C@@H](NC(=O)OC(C)(C)C)[C@@H](C4)C3)n1. The third kappa shape index (κ3) is 5.64. The van der Waals surface area contributed by atoms with E-state index in [1.54, 1.807) is 13.3 Å². The molecule has 4 fully saturated rings. The molecule has 202 valence electrons. The topological polar surface area (TPSA) is 121 Å². The molecule has 1 heterocycles. The zero-order chi connectivity index (χ0) is 26.9. The summed E-state index contributed by atoms with van der Waals surface area (Å²) in [5.41, 5.74) is 1.08. The predicted molar refractivity (Wildman–Crippen MR) is 145 cm³/mol. The van der Waals surface area contributed by atoms with E-state index in [-0.39, 0.29) is 17.6 Å². The van der Waals surface area contributed by atoms with Crippen molar-refractivity contribution in [3.8, 4) is 11.8 Å². The highest BCUT2D eigenvalue weighted by Crippen LogP contribution is 2.60. The van der Waals surface area contributed by atoms with Crippen molar-refractivity contribution in [1.29, 1.82) is 5.26 Å². The Morgan fingerprint density at radius 2 is 1.89 bits per heavy atom. The zero-order valence-electron chi connectivity index (χ0n) is 22.7. The highest BCUT2D eigenvalue weighted by molar-refractivity contribution is 5.68. The molecule has 38 heavy (non-hydrogen) atoms. The standard InChI is InChI=1S/C29H38N6O3/c1-28(2,3)38-27(36)34-24-20-9-18-10-21(24)13-29(11-18,12-20)17-33-25-22(14-30)16-32-26(35-25)31-15-19-7-5-6-8-23(19)37-4/h5-8,16,18,20-21,24H,9-13,15,17H2,1-4H3,(H,34,36)(H2,31,32,33,35)/t18?,20-,21+,24-,29-. The van der Waals surface area contributed by atoms with Crippen LogP contribution in [0.15, 0.2) is 30.5 Å². The van der Waals surface area contributed by atoms with E-state index in [1.807, 2.05) is 45.0 Å². The van der Waals surface area contributed by atoms with Crippen molar-refractivity contribution in [2.75, 3.05) is 24.3 Å². The lowest BCUT2D eigenvalue weighted by Crippen LogP contribution is -2.60. The van der Waals surface area contributed by atoms with Gasteiger partial charge in [-0.05, 0) is 82.1 Å². The van der Waals surface area contributed by atoms with Crippen LogP contribution in [0.2, 0.25) is 0 Å². The highest BCUT2D eigenvalue weighted by Gasteiger charge is 2.55. The summed E-state index contributed by atoms with van der Waals surface area (Å²) in [5.74, 6) is 3.41. The Morgan fingerprint density at radius 1 is 1.16 bits per heavy atom. The van der Waals surface area contributed by atoms with E-state index < -0.39 is 5.60 Å². The smallest absolute Gasteiger partial charge is 0.407 e. The van der Waals surface area contributed by atoms with Crippen molar-refractivity contribution in [1.82, 2.24) is 15.3 Å². The van der Waals surface area contributed by atoms with Crippen molar-refractivity contribution in [3.05, 3.63) is 41.6 Å². The molecule has 1 unspecified atom stereocenters.